The van der Waals surface area contributed by atoms with Crippen LogP contribution in [0.1, 0.15) is 20.8 Å². The first kappa shape index (κ1) is 9.89. The van der Waals surface area contributed by atoms with Crippen LogP contribution in [0.15, 0.2) is 41.1 Å². The van der Waals surface area contributed by atoms with Crippen molar-refractivity contribution in [2.75, 3.05) is 0 Å². The van der Waals surface area contributed by atoms with Crippen LogP contribution in [0.25, 0.3) is 0 Å². The number of hydrogen-bond acceptors (Lipinski definition) is 1. The third-order valence-electron chi connectivity index (χ3n) is 1.41. The summed E-state index contributed by atoms with van der Waals surface area (Å²) in [7, 11) is 0. The molecule has 1 nitrogen and oxygen atoms in total. The summed E-state index contributed by atoms with van der Waals surface area (Å²) in [4.78, 5) is 4.07. The maximum atomic E-state index is 4.07. The Bertz CT molecular complexity index is 219. The van der Waals surface area contributed by atoms with Crippen LogP contribution >= 0.6 is 0 Å². The monoisotopic (exact) mass is 149 g/mol. The molecule has 0 rings (SSSR count). The van der Waals surface area contributed by atoms with Crippen LogP contribution in [0.4, 0.5) is 0 Å². The van der Waals surface area contributed by atoms with Gasteiger partial charge in [-0.15, -0.1) is 0 Å². The van der Waals surface area contributed by atoms with E-state index < -0.39 is 0 Å². The molecule has 0 saturated heterocycles. The maximum Gasteiger partial charge on any atom is 0.0302 e. The Kier molecular flexibility index (Phi) is 4.20. The molecule has 11 heavy (non-hydrogen) atoms. The van der Waals surface area contributed by atoms with Crippen molar-refractivity contribution >= 4 is 6.21 Å². The molecule has 0 heterocycles. The van der Waals surface area contributed by atoms with Gasteiger partial charge in [0.1, 0.15) is 0 Å². The van der Waals surface area contributed by atoms with Gasteiger partial charge < -0.3 is 0 Å². The van der Waals surface area contributed by atoms with E-state index in [-0.39, 0.29) is 0 Å². The fourth-order valence-corrected chi connectivity index (χ4v) is 0.470. The summed E-state index contributed by atoms with van der Waals surface area (Å²) < 4.78 is 0. The summed E-state index contributed by atoms with van der Waals surface area (Å²) in [5, 5.41) is 0. The molecule has 0 aromatic heterocycles. The molecule has 0 spiro atoms. The predicted octanol–water partition coefficient (Wildman–Crippen LogP) is 3.11. The minimum atomic E-state index is 0.821. The van der Waals surface area contributed by atoms with Crippen LogP contribution < -0.4 is 0 Å². The molecule has 0 aromatic rings. The van der Waals surface area contributed by atoms with E-state index in [1.54, 1.807) is 6.21 Å². The highest BCUT2D eigenvalue weighted by atomic mass is 14.7. The number of hydrogen-bond donors (Lipinski definition) is 0. The molecule has 60 valence electrons. The molecule has 0 unspecified atom stereocenters. The SMILES string of the molecule is C=C/C(C)=C(\C)C=NC(=C)C. The summed E-state index contributed by atoms with van der Waals surface area (Å²) in [6.45, 7) is 13.2. The molecule has 0 aromatic carbocycles. The first-order chi connectivity index (χ1) is 5.07. The van der Waals surface area contributed by atoms with Gasteiger partial charge in [-0.1, -0.05) is 19.2 Å². The zero-order valence-electron chi connectivity index (χ0n) is 7.52. The molecule has 0 aliphatic carbocycles. The minimum Gasteiger partial charge on any atom is -0.262 e. The van der Waals surface area contributed by atoms with Crippen molar-refractivity contribution in [2.24, 2.45) is 4.99 Å². The van der Waals surface area contributed by atoms with E-state index in [0.29, 0.717) is 0 Å². The van der Waals surface area contributed by atoms with Gasteiger partial charge in [0, 0.05) is 11.9 Å². The Hall–Kier alpha value is -1.11. The first-order valence-corrected chi connectivity index (χ1v) is 3.57. The average Bonchev–Trinajstić information content (AvgIpc) is 1.98. The summed E-state index contributed by atoms with van der Waals surface area (Å²) in [5.74, 6) is 0. The van der Waals surface area contributed by atoms with Crippen LogP contribution in [-0.2, 0) is 0 Å². The second-order valence-electron chi connectivity index (χ2n) is 2.56. The second kappa shape index (κ2) is 4.67. The Morgan fingerprint density at radius 1 is 1.18 bits per heavy atom. The molecule has 1 heteroatoms. The largest absolute Gasteiger partial charge is 0.262 e. The highest BCUT2D eigenvalue weighted by Crippen LogP contribution is 2.01. The van der Waals surface area contributed by atoms with Gasteiger partial charge in [0.25, 0.3) is 0 Å². The number of aliphatic imine (C=N–C) groups is 1. The summed E-state index contributed by atoms with van der Waals surface area (Å²) in [5.41, 5.74) is 3.10. The molecule has 0 bridgehead atoms. The number of nitrogens with zero attached hydrogens (tertiary/aromatic N) is 1. The van der Waals surface area contributed by atoms with Crippen LogP contribution in [0, 0.1) is 0 Å². The zero-order valence-corrected chi connectivity index (χ0v) is 7.52. The standard InChI is InChI=1S/C10H15N/c1-6-9(4)10(5)7-11-8(2)3/h6-7H,1-2H2,3-5H3/b10-9+,11-7?. The molecule has 0 aliphatic rings. The Balaban J connectivity index is 4.38. The van der Waals surface area contributed by atoms with Crippen molar-refractivity contribution in [3.63, 3.8) is 0 Å². The molecule has 0 amide bonds. The Morgan fingerprint density at radius 3 is 2.09 bits per heavy atom. The van der Waals surface area contributed by atoms with E-state index >= 15 is 0 Å². The Labute approximate surface area is 68.9 Å². The smallest absolute Gasteiger partial charge is 0.0302 e. The molecule has 0 saturated carbocycles. The number of rotatable bonds is 3. The van der Waals surface area contributed by atoms with Gasteiger partial charge in [-0.25, -0.2) is 0 Å². The predicted molar refractivity (Wildman–Crippen MR) is 51.9 cm³/mol. The van der Waals surface area contributed by atoms with Crippen LogP contribution in [0.3, 0.4) is 0 Å². The quantitative estimate of drug-likeness (QED) is 0.432. The molecule has 0 atom stereocenters. The topological polar surface area (TPSA) is 12.4 Å². The maximum absolute atomic E-state index is 4.07. The lowest BCUT2D eigenvalue weighted by molar-refractivity contribution is 1.32. The van der Waals surface area contributed by atoms with E-state index in [0.717, 1.165) is 16.8 Å². The third-order valence-corrected chi connectivity index (χ3v) is 1.41. The zero-order chi connectivity index (χ0) is 8.85. The highest BCUT2D eigenvalue weighted by Gasteiger charge is 1.86. The molecule has 0 radical (unpaired) electrons. The molecule has 0 N–H and O–H groups in total. The van der Waals surface area contributed by atoms with Gasteiger partial charge >= 0.3 is 0 Å². The van der Waals surface area contributed by atoms with Crippen LogP contribution in [0.2, 0.25) is 0 Å². The van der Waals surface area contributed by atoms with E-state index in [1.807, 2.05) is 26.8 Å². The van der Waals surface area contributed by atoms with E-state index in [1.165, 1.54) is 0 Å². The van der Waals surface area contributed by atoms with E-state index in [9.17, 15) is 0 Å². The molecule has 0 aliphatic heterocycles. The van der Waals surface area contributed by atoms with Crippen molar-refractivity contribution in [3.05, 3.63) is 36.1 Å². The summed E-state index contributed by atoms with van der Waals surface area (Å²) >= 11 is 0. The average molecular weight is 149 g/mol. The lowest BCUT2D eigenvalue weighted by atomic mass is 10.2. The van der Waals surface area contributed by atoms with Gasteiger partial charge in [0.15, 0.2) is 0 Å². The minimum absolute atomic E-state index is 0.821. The van der Waals surface area contributed by atoms with E-state index in [4.69, 9.17) is 0 Å². The van der Waals surface area contributed by atoms with Crippen LogP contribution in [-0.4, -0.2) is 6.21 Å². The van der Waals surface area contributed by atoms with Gasteiger partial charge in [-0.2, -0.15) is 0 Å². The third kappa shape index (κ3) is 4.31. The van der Waals surface area contributed by atoms with Gasteiger partial charge in [0.05, 0.1) is 0 Å². The lowest BCUT2D eigenvalue weighted by Crippen LogP contribution is -1.82. The van der Waals surface area contributed by atoms with Crippen molar-refractivity contribution in [1.29, 1.82) is 0 Å². The van der Waals surface area contributed by atoms with Crippen LogP contribution in [0.5, 0.6) is 0 Å². The van der Waals surface area contributed by atoms with Gasteiger partial charge in [-0.05, 0) is 31.9 Å². The molecular formula is C10H15N. The normalized spacial score (nSPS) is 13.0. The number of allylic oxidation sites excluding steroid dienone is 4. The Morgan fingerprint density at radius 2 is 1.73 bits per heavy atom. The summed E-state index contributed by atoms with van der Waals surface area (Å²) in [6.07, 6.45) is 3.62. The van der Waals surface area contributed by atoms with Crippen molar-refractivity contribution in [3.8, 4) is 0 Å². The van der Waals surface area contributed by atoms with Gasteiger partial charge in [-0.3, -0.25) is 4.99 Å². The molecule has 0 fully saturated rings. The van der Waals surface area contributed by atoms with E-state index in [2.05, 4.69) is 18.2 Å². The fraction of sp³-hybridized carbons (Fsp3) is 0.300. The van der Waals surface area contributed by atoms with Crippen molar-refractivity contribution in [2.45, 2.75) is 20.8 Å². The van der Waals surface area contributed by atoms with Crippen molar-refractivity contribution in [1.82, 2.24) is 0 Å². The van der Waals surface area contributed by atoms with Gasteiger partial charge in [0.2, 0.25) is 0 Å². The molecular weight excluding hydrogens is 134 g/mol. The lowest BCUT2D eigenvalue weighted by Gasteiger charge is -1.94. The highest BCUT2D eigenvalue weighted by molar-refractivity contribution is 5.80. The fourth-order valence-electron chi connectivity index (χ4n) is 0.470. The summed E-state index contributed by atoms with van der Waals surface area (Å²) in [6, 6.07) is 0. The second-order valence-corrected chi connectivity index (χ2v) is 2.56. The first-order valence-electron chi connectivity index (χ1n) is 3.57. The van der Waals surface area contributed by atoms with Crippen molar-refractivity contribution < 1.29 is 0 Å².